The van der Waals surface area contributed by atoms with Gasteiger partial charge in [-0.1, -0.05) is 18.0 Å². The molecule has 1 N–H and O–H groups in total. The van der Waals surface area contributed by atoms with Gasteiger partial charge >= 0.3 is 0 Å². The number of hydrogen-bond donors (Lipinski definition) is 1. The van der Waals surface area contributed by atoms with Crippen LogP contribution in [0.1, 0.15) is 29.6 Å². The summed E-state index contributed by atoms with van der Waals surface area (Å²) in [5.74, 6) is -0.313. The first kappa shape index (κ1) is 15.7. The number of rotatable bonds is 5. The third kappa shape index (κ3) is 4.41. The molecule has 2 rings (SSSR count). The molecule has 1 aliphatic rings. The molecule has 21 heavy (non-hydrogen) atoms. The van der Waals surface area contributed by atoms with Crippen LogP contribution in [0.5, 0.6) is 0 Å². The van der Waals surface area contributed by atoms with Crippen LogP contribution < -0.4 is 5.32 Å². The Hall–Kier alpha value is -1.66. The minimum absolute atomic E-state index is 0.0323. The molecule has 1 saturated heterocycles. The van der Waals surface area contributed by atoms with Gasteiger partial charge in [-0.05, 0) is 38.1 Å². The van der Waals surface area contributed by atoms with Gasteiger partial charge in [0.1, 0.15) is 5.02 Å². The van der Waals surface area contributed by atoms with Crippen molar-refractivity contribution in [3.05, 3.63) is 38.9 Å². The molecule has 0 radical (unpaired) electrons. The van der Waals surface area contributed by atoms with Crippen molar-refractivity contribution in [1.82, 2.24) is 10.2 Å². The molecule has 0 aliphatic carbocycles. The van der Waals surface area contributed by atoms with E-state index in [-0.39, 0.29) is 22.2 Å². The number of carbonyl (C=O) groups excluding carboxylic acids is 1. The van der Waals surface area contributed by atoms with E-state index >= 15 is 0 Å². The average molecular weight is 312 g/mol. The molecule has 7 heteroatoms. The Balaban J connectivity index is 1.88. The molecule has 0 saturated carbocycles. The van der Waals surface area contributed by atoms with Crippen LogP contribution in [0.2, 0.25) is 5.02 Å². The highest BCUT2D eigenvalue weighted by Crippen LogP contribution is 2.24. The molecule has 0 spiro atoms. The molecular formula is C14H18ClN3O3. The number of likely N-dealkylation sites (tertiary alicyclic amines) is 1. The lowest BCUT2D eigenvalue weighted by Gasteiger charge is -2.26. The van der Waals surface area contributed by atoms with Gasteiger partial charge in [-0.3, -0.25) is 14.9 Å². The summed E-state index contributed by atoms with van der Waals surface area (Å²) in [7, 11) is 0. The van der Waals surface area contributed by atoms with E-state index in [0.717, 1.165) is 19.6 Å². The molecular weight excluding hydrogens is 294 g/mol. The predicted molar refractivity (Wildman–Crippen MR) is 80.7 cm³/mol. The Bertz CT molecular complexity index is 530. The molecule has 1 aliphatic heterocycles. The molecule has 1 heterocycles. The van der Waals surface area contributed by atoms with Crippen LogP contribution in [0.3, 0.4) is 0 Å². The number of nitro benzene ring substituents is 1. The van der Waals surface area contributed by atoms with Crippen LogP contribution in [-0.4, -0.2) is 41.9 Å². The van der Waals surface area contributed by atoms with Crippen LogP contribution in [0, 0.1) is 10.1 Å². The number of halogens is 1. The van der Waals surface area contributed by atoms with Gasteiger partial charge in [0, 0.05) is 24.7 Å². The van der Waals surface area contributed by atoms with Crippen molar-refractivity contribution in [2.45, 2.75) is 19.3 Å². The summed E-state index contributed by atoms with van der Waals surface area (Å²) in [5.41, 5.74) is 0.00471. The maximum absolute atomic E-state index is 12.0. The Morgan fingerprint density at radius 2 is 2.05 bits per heavy atom. The lowest BCUT2D eigenvalue weighted by molar-refractivity contribution is -0.384. The topological polar surface area (TPSA) is 75.5 Å². The number of carbonyl (C=O) groups is 1. The van der Waals surface area contributed by atoms with Gasteiger partial charge < -0.3 is 10.2 Å². The number of hydrogen-bond acceptors (Lipinski definition) is 4. The summed E-state index contributed by atoms with van der Waals surface area (Å²) in [6.07, 6.45) is 3.69. The van der Waals surface area contributed by atoms with Crippen molar-refractivity contribution in [2.75, 3.05) is 26.2 Å². The van der Waals surface area contributed by atoms with E-state index in [9.17, 15) is 14.9 Å². The van der Waals surface area contributed by atoms with Crippen LogP contribution in [0.4, 0.5) is 5.69 Å². The Labute approximate surface area is 128 Å². The Morgan fingerprint density at radius 3 is 2.71 bits per heavy atom. The van der Waals surface area contributed by atoms with Crippen LogP contribution >= 0.6 is 11.6 Å². The highest BCUT2D eigenvalue weighted by molar-refractivity contribution is 6.32. The van der Waals surface area contributed by atoms with E-state index in [0.29, 0.717) is 6.54 Å². The zero-order chi connectivity index (χ0) is 15.2. The SMILES string of the molecule is O=C(NCCN1CCCCC1)c1ccc(Cl)c([N+](=O)[O-])c1. The van der Waals surface area contributed by atoms with Crippen molar-refractivity contribution in [1.29, 1.82) is 0 Å². The molecule has 6 nitrogen and oxygen atoms in total. The van der Waals surface area contributed by atoms with Crippen molar-refractivity contribution in [2.24, 2.45) is 0 Å². The first-order chi connectivity index (χ1) is 10.1. The zero-order valence-corrected chi connectivity index (χ0v) is 12.4. The fraction of sp³-hybridized carbons (Fsp3) is 0.500. The fourth-order valence-electron chi connectivity index (χ4n) is 2.41. The van der Waals surface area contributed by atoms with E-state index in [4.69, 9.17) is 11.6 Å². The lowest BCUT2D eigenvalue weighted by atomic mass is 10.1. The molecule has 0 unspecified atom stereocenters. The molecule has 1 aromatic carbocycles. The van der Waals surface area contributed by atoms with Gasteiger partial charge in [0.05, 0.1) is 4.92 Å². The minimum Gasteiger partial charge on any atom is -0.351 e. The molecule has 1 fully saturated rings. The normalized spacial score (nSPS) is 15.7. The van der Waals surface area contributed by atoms with Gasteiger partial charge in [0.2, 0.25) is 0 Å². The third-order valence-corrected chi connectivity index (χ3v) is 3.89. The first-order valence-electron chi connectivity index (χ1n) is 7.02. The number of amides is 1. The van der Waals surface area contributed by atoms with E-state index in [1.807, 2.05) is 0 Å². The second-order valence-corrected chi connectivity index (χ2v) is 5.49. The quantitative estimate of drug-likeness (QED) is 0.669. The van der Waals surface area contributed by atoms with Gasteiger partial charge in [0.25, 0.3) is 11.6 Å². The Morgan fingerprint density at radius 1 is 1.33 bits per heavy atom. The molecule has 0 aromatic heterocycles. The number of nitrogens with zero attached hydrogens (tertiary/aromatic N) is 2. The summed E-state index contributed by atoms with van der Waals surface area (Å²) >= 11 is 5.72. The largest absolute Gasteiger partial charge is 0.351 e. The number of benzene rings is 1. The summed E-state index contributed by atoms with van der Waals surface area (Å²) in [6, 6.07) is 4.07. The summed E-state index contributed by atoms with van der Waals surface area (Å²) < 4.78 is 0. The van der Waals surface area contributed by atoms with Crippen molar-refractivity contribution in [3.63, 3.8) is 0 Å². The fourth-order valence-corrected chi connectivity index (χ4v) is 2.59. The van der Waals surface area contributed by atoms with Crippen molar-refractivity contribution >= 4 is 23.2 Å². The maximum Gasteiger partial charge on any atom is 0.288 e. The standard InChI is InChI=1S/C14H18ClN3O3/c15-12-5-4-11(10-13(12)18(20)21)14(19)16-6-9-17-7-2-1-3-8-17/h4-5,10H,1-3,6-9H2,(H,16,19). The second-order valence-electron chi connectivity index (χ2n) is 5.08. The van der Waals surface area contributed by atoms with Crippen LogP contribution in [0.15, 0.2) is 18.2 Å². The van der Waals surface area contributed by atoms with Crippen LogP contribution in [0.25, 0.3) is 0 Å². The number of nitrogens with one attached hydrogen (secondary N) is 1. The highest BCUT2D eigenvalue weighted by atomic mass is 35.5. The lowest BCUT2D eigenvalue weighted by Crippen LogP contribution is -2.37. The van der Waals surface area contributed by atoms with Gasteiger partial charge in [-0.15, -0.1) is 0 Å². The zero-order valence-electron chi connectivity index (χ0n) is 11.7. The van der Waals surface area contributed by atoms with E-state index in [1.165, 1.54) is 37.5 Å². The maximum atomic E-state index is 12.0. The van der Waals surface area contributed by atoms with Gasteiger partial charge in [-0.2, -0.15) is 0 Å². The monoisotopic (exact) mass is 311 g/mol. The smallest absolute Gasteiger partial charge is 0.288 e. The number of piperidine rings is 1. The van der Waals surface area contributed by atoms with Crippen LogP contribution in [-0.2, 0) is 0 Å². The van der Waals surface area contributed by atoms with Gasteiger partial charge in [0.15, 0.2) is 0 Å². The summed E-state index contributed by atoms with van der Waals surface area (Å²) in [4.78, 5) is 24.5. The van der Waals surface area contributed by atoms with Gasteiger partial charge in [-0.25, -0.2) is 0 Å². The van der Waals surface area contributed by atoms with Crippen molar-refractivity contribution < 1.29 is 9.72 Å². The van der Waals surface area contributed by atoms with E-state index in [1.54, 1.807) is 0 Å². The van der Waals surface area contributed by atoms with E-state index in [2.05, 4.69) is 10.2 Å². The predicted octanol–water partition coefficient (Wildman–Crippen LogP) is 2.46. The summed E-state index contributed by atoms with van der Waals surface area (Å²) in [5, 5.41) is 13.6. The number of nitro groups is 1. The molecule has 114 valence electrons. The first-order valence-corrected chi connectivity index (χ1v) is 7.40. The second kappa shape index (κ2) is 7.38. The molecule has 0 bridgehead atoms. The van der Waals surface area contributed by atoms with E-state index < -0.39 is 4.92 Å². The molecule has 0 atom stereocenters. The highest BCUT2D eigenvalue weighted by Gasteiger charge is 2.16. The van der Waals surface area contributed by atoms with Crippen molar-refractivity contribution in [3.8, 4) is 0 Å². The summed E-state index contributed by atoms with van der Waals surface area (Å²) in [6.45, 7) is 3.49. The third-order valence-electron chi connectivity index (χ3n) is 3.57. The minimum atomic E-state index is -0.590. The Kier molecular flexibility index (Phi) is 5.52. The molecule has 1 amide bonds. The average Bonchev–Trinajstić information content (AvgIpc) is 2.48. The molecule has 1 aromatic rings.